The van der Waals surface area contributed by atoms with E-state index >= 15 is 0 Å². The Bertz CT molecular complexity index is 882. The molecule has 146 valence electrons. The molecule has 6 heteroatoms. The molecule has 3 rings (SSSR count). The number of nitrogens with zero attached hydrogens (tertiary/aromatic N) is 2. The van der Waals surface area contributed by atoms with Gasteiger partial charge in [-0.05, 0) is 55.2 Å². The van der Waals surface area contributed by atoms with Gasteiger partial charge in [0.1, 0.15) is 17.4 Å². The van der Waals surface area contributed by atoms with Crippen molar-refractivity contribution in [3.63, 3.8) is 0 Å². The fourth-order valence-electron chi connectivity index (χ4n) is 2.83. The lowest BCUT2D eigenvalue weighted by Crippen LogP contribution is -2.12. The highest BCUT2D eigenvalue weighted by Gasteiger charge is 2.03. The van der Waals surface area contributed by atoms with Gasteiger partial charge in [0.2, 0.25) is 5.95 Å². The summed E-state index contributed by atoms with van der Waals surface area (Å²) < 4.78 is 18.1. The van der Waals surface area contributed by atoms with E-state index in [2.05, 4.69) is 32.7 Å². The van der Waals surface area contributed by atoms with Crippen molar-refractivity contribution in [2.24, 2.45) is 0 Å². The van der Waals surface area contributed by atoms with Crippen molar-refractivity contribution in [2.45, 2.75) is 19.8 Å². The second kappa shape index (κ2) is 9.69. The van der Waals surface area contributed by atoms with Gasteiger partial charge < -0.3 is 15.4 Å². The first-order chi connectivity index (χ1) is 13.6. The molecule has 1 aromatic heterocycles. The number of anilines is 2. The van der Waals surface area contributed by atoms with Crippen molar-refractivity contribution < 1.29 is 9.13 Å². The molecule has 2 aromatic carbocycles. The molecular formula is C22H25FN4O. The van der Waals surface area contributed by atoms with Crippen molar-refractivity contribution >= 4 is 11.8 Å². The van der Waals surface area contributed by atoms with E-state index in [0.29, 0.717) is 12.5 Å². The summed E-state index contributed by atoms with van der Waals surface area (Å²) in [5, 5.41) is 6.59. The Hall–Kier alpha value is -3.15. The van der Waals surface area contributed by atoms with E-state index in [9.17, 15) is 4.39 Å². The third-order valence-corrected chi connectivity index (χ3v) is 4.34. The predicted octanol–water partition coefficient (Wildman–Crippen LogP) is 4.24. The quantitative estimate of drug-likeness (QED) is 0.581. The molecule has 28 heavy (non-hydrogen) atoms. The first-order valence-electron chi connectivity index (χ1n) is 9.33. The largest absolute Gasteiger partial charge is 0.497 e. The molecule has 0 amide bonds. The second-order valence-corrected chi connectivity index (χ2v) is 6.55. The Balaban J connectivity index is 1.49. The summed E-state index contributed by atoms with van der Waals surface area (Å²) in [6.07, 6.45) is 1.66. The van der Waals surface area contributed by atoms with E-state index in [1.165, 1.54) is 17.7 Å². The maximum atomic E-state index is 13.0. The monoisotopic (exact) mass is 380 g/mol. The number of methoxy groups -OCH3 is 1. The minimum atomic E-state index is -0.218. The zero-order valence-electron chi connectivity index (χ0n) is 16.2. The lowest BCUT2D eigenvalue weighted by atomic mass is 10.1. The van der Waals surface area contributed by atoms with Crippen LogP contribution in [0.15, 0.2) is 54.6 Å². The average molecular weight is 380 g/mol. The highest BCUT2D eigenvalue weighted by molar-refractivity contribution is 5.42. The molecule has 0 aliphatic heterocycles. The Morgan fingerprint density at radius 3 is 2.11 bits per heavy atom. The number of nitrogens with one attached hydrogen (secondary N) is 2. The first-order valence-corrected chi connectivity index (χ1v) is 9.33. The van der Waals surface area contributed by atoms with Crippen LogP contribution < -0.4 is 15.4 Å². The standard InChI is InChI=1S/C22H25FN4O/c1-16-15-21(24-13-11-18-5-9-20(28-2)10-6-18)27-22(26-16)25-14-12-17-3-7-19(23)8-4-17/h3-10,15H,11-14H2,1-2H3,(H2,24,25,26,27). The van der Waals surface area contributed by atoms with Crippen LogP contribution in [0.5, 0.6) is 5.75 Å². The number of halogens is 1. The summed E-state index contributed by atoms with van der Waals surface area (Å²) in [5.74, 6) is 2.03. The molecule has 0 bridgehead atoms. The fourth-order valence-corrected chi connectivity index (χ4v) is 2.83. The zero-order chi connectivity index (χ0) is 19.8. The van der Waals surface area contributed by atoms with Crippen LogP contribution in [-0.2, 0) is 12.8 Å². The molecule has 0 aliphatic rings. The van der Waals surface area contributed by atoms with E-state index in [-0.39, 0.29) is 5.82 Å². The van der Waals surface area contributed by atoms with Crippen LogP contribution >= 0.6 is 0 Å². The summed E-state index contributed by atoms with van der Waals surface area (Å²) in [6, 6.07) is 16.5. The Labute approximate surface area is 165 Å². The van der Waals surface area contributed by atoms with Gasteiger partial charge >= 0.3 is 0 Å². The van der Waals surface area contributed by atoms with Crippen LogP contribution in [0.2, 0.25) is 0 Å². The number of aromatic nitrogens is 2. The van der Waals surface area contributed by atoms with Gasteiger partial charge in [0.25, 0.3) is 0 Å². The summed E-state index contributed by atoms with van der Waals surface area (Å²) >= 11 is 0. The van der Waals surface area contributed by atoms with Gasteiger partial charge in [-0.2, -0.15) is 4.98 Å². The lowest BCUT2D eigenvalue weighted by Gasteiger charge is -2.10. The highest BCUT2D eigenvalue weighted by Crippen LogP contribution is 2.13. The van der Waals surface area contributed by atoms with Crippen molar-refractivity contribution in [1.29, 1.82) is 0 Å². The average Bonchev–Trinajstić information content (AvgIpc) is 2.70. The lowest BCUT2D eigenvalue weighted by molar-refractivity contribution is 0.414. The van der Waals surface area contributed by atoms with E-state index < -0.39 is 0 Å². The number of benzene rings is 2. The molecule has 2 N–H and O–H groups in total. The van der Waals surface area contributed by atoms with Crippen molar-refractivity contribution in [1.82, 2.24) is 9.97 Å². The summed E-state index contributed by atoms with van der Waals surface area (Å²) in [4.78, 5) is 8.95. The third kappa shape index (κ3) is 5.94. The van der Waals surface area contributed by atoms with Crippen LogP contribution in [0.3, 0.4) is 0 Å². The minimum absolute atomic E-state index is 0.218. The van der Waals surface area contributed by atoms with E-state index in [4.69, 9.17) is 4.74 Å². The van der Waals surface area contributed by atoms with E-state index in [1.54, 1.807) is 19.2 Å². The number of aryl methyl sites for hydroxylation is 1. The normalized spacial score (nSPS) is 10.5. The molecule has 3 aromatic rings. The smallest absolute Gasteiger partial charge is 0.224 e. The summed E-state index contributed by atoms with van der Waals surface area (Å²) in [6.45, 7) is 3.40. The van der Waals surface area contributed by atoms with E-state index in [0.717, 1.165) is 42.2 Å². The number of ether oxygens (including phenoxy) is 1. The molecule has 5 nitrogen and oxygen atoms in total. The van der Waals surface area contributed by atoms with Gasteiger partial charge in [0.15, 0.2) is 0 Å². The zero-order valence-corrected chi connectivity index (χ0v) is 16.2. The van der Waals surface area contributed by atoms with Gasteiger partial charge in [-0.15, -0.1) is 0 Å². The molecule has 0 saturated carbocycles. The van der Waals surface area contributed by atoms with Crippen molar-refractivity contribution in [2.75, 3.05) is 30.8 Å². The third-order valence-electron chi connectivity index (χ3n) is 4.34. The molecule has 0 aliphatic carbocycles. The molecule has 0 radical (unpaired) electrons. The number of rotatable bonds is 9. The van der Waals surface area contributed by atoms with Gasteiger partial charge in [-0.1, -0.05) is 24.3 Å². The first kappa shape index (κ1) is 19.6. The highest BCUT2D eigenvalue weighted by atomic mass is 19.1. The summed E-state index contributed by atoms with van der Waals surface area (Å²) in [7, 11) is 1.67. The maximum absolute atomic E-state index is 13.0. The summed E-state index contributed by atoms with van der Waals surface area (Å²) in [5.41, 5.74) is 3.20. The predicted molar refractivity (Wildman–Crippen MR) is 111 cm³/mol. The molecule has 0 unspecified atom stereocenters. The maximum Gasteiger partial charge on any atom is 0.224 e. The molecule has 0 fully saturated rings. The molecule has 1 heterocycles. The SMILES string of the molecule is COc1ccc(CCNc2cc(C)nc(NCCc3ccc(F)cc3)n2)cc1. The van der Waals surface area contributed by atoms with Crippen LogP contribution in [0.1, 0.15) is 16.8 Å². The molecule has 0 spiro atoms. The van der Waals surface area contributed by atoms with Crippen LogP contribution in [0.4, 0.5) is 16.2 Å². The number of hydrogen-bond acceptors (Lipinski definition) is 5. The Kier molecular flexibility index (Phi) is 6.78. The molecule has 0 saturated heterocycles. The molecular weight excluding hydrogens is 355 g/mol. The van der Waals surface area contributed by atoms with Crippen molar-refractivity contribution in [3.8, 4) is 5.75 Å². The van der Waals surface area contributed by atoms with Crippen LogP contribution in [0.25, 0.3) is 0 Å². The minimum Gasteiger partial charge on any atom is -0.497 e. The Morgan fingerprint density at radius 2 is 1.46 bits per heavy atom. The van der Waals surface area contributed by atoms with Crippen LogP contribution in [0, 0.1) is 12.7 Å². The van der Waals surface area contributed by atoms with Gasteiger partial charge in [0, 0.05) is 24.8 Å². The van der Waals surface area contributed by atoms with Gasteiger partial charge in [-0.3, -0.25) is 0 Å². The second-order valence-electron chi connectivity index (χ2n) is 6.55. The topological polar surface area (TPSA) is 59.1 Å². The van der Waals surface area contributed by atoms with E-state index in [1.807, 2.05) is 25.1 Å². The van der Waals surface area contributed by atoms with Gasteiger partial charge in [-0.25, -0.2) is 9.37 Å². The molecule has 0 atom stereocenters. The van der Waals surface area contributed by atoms with Gasteiger partial charge in [0.05, 0.1) is 7.11 Å². The van der Waals surface area contributed by atoms with Crippen LogP contribution in [-0.4, -0.2) is 30.2 Å². The number of hydrogen-bond donors (Lipinski definition) is 2. The van der Waals surface area contributed by atoms with Crippen molar-refractivity contribution in [3.05, 3.63) is 77.2 Å². The Morgan fingerprint density at radius 1 is 0.857 bits per heavy atom. The fraction of sp³-hybridized carbons (Fsp3) is 0.273.